The molecule has 2 aromatic carbocycles. The van der Waals surface area contributed by atoms with Gasteiger partial charge in [-0.15, -0.1) is 0 Å². The molecule has 0 saturated carbocycles. The lowest BCUT2D eigenvalue weighted by Crippen LogP contribution is -2.29. The Morgan fingerprint density at radius 2 is 2.03 bits per heavy atom. The molecule has 1 atom stereocenters. The third-order valence-corrected chi connectivity index (χ3v) is 6.57. The van der Waals surface area contributed by atoms with Gasteiger partial charge >= 0.3 is 6.09 Å². The molecule has 4 N–H and O–H groups in total. The van der Waals surface area contributed by atoms with Crippen molar-refractivity contribution in [3.63, 3.8) is 0 Å². The number of amides is 3. The molecular weight excluding hydrogens is 520 g/mol. The number of benzene rings is 2. The van der Waals surface area contributed by atoms with E-state index in [0.717, 1.165) is 10.8 Å². The number of fused-ring (bicyclic) bond motifs is 5. The number of anilines is 2. The van der Waals surface area contributed by atoms with Crippen LogP contribution in [0.4, 0.5) is 16.2 Å². The third kappa shape index (κ3) is 5.75. The van der Waals surface area contributed by atoms with E-state index in [2.05, 4.69) is 30.7 Å². The van der Waals surface area contributed by atoms with Crippen molar-refractivity contribution < 1.29 is 19.1 Å². The van der Waals surface area contributed by atoms with Crippen molar-refractivity contribution in [3.8, 4) is 11.3 Å². The SMILES string of the molecule is COC(=O)Nc1ccc2c(c1)NC(=O)CC/C=C/C[C@H](NC(=O)c1cccc3cnccc13)c1nc-2c(Cl)[nH]1. The zero-order valence-electron chi connectivity index (χ0n) is 21.0. The maximum Gasteiger partial charge on any atom is 0.411 e. The average molecular weight is 545 g/mol. The van der Waals surface area contributed by atoms with Crippen LogP contribution in [-0.4, -0.2) is 40.0 Å². The normalized spacial score (nSPS) is 16.1. The molecule has 1 aliphatic rings. The molecule has 198 valence electrons. The minimum absolute atomic E-state index is 0.211. The maximum absolute atomic E-state index is 13.4. The molecule has 2 bridgehead atoms. The highest BCUT2D eigenvalue weighted by Gasteiger charge is 2.23. The number of nitrogens with zero attached hydrogens (tertiary/aromatic N) is 2. The molecule has 1 aliphatic heterocycles. The molecule has 10 nitrogen and oxygen atoms in total. The van der Waals surface area contributed by atoms with Gasteiger partial charge in [0.1, 0.15) is 16.7 Å². The highest BCUT2D eigenvalue weighted by atomic mass is 35.5. The average Bonchev–Trinajstić information content (AvgIpc) is 3.32. The lowest BCUT2D eigenvalue weighted by Gasteiger charge is -2.16. The molecule has 0 aliphatic carbocycles. The summed E-state index contributed by atoms with van der Waals surface area (Å²) < 4.78 is 4.67. The van der Waals surface area contributed by atoms with Gasteiger partial charge in [-0.25, -0.2) is 9.78 Å². The fourth-order valence-corrected chi connectivity index (χ4v) is 4.63. The van der Waals surface area contributed by atoms with Crippen LogP contribution in [0.5, 0.6) is 0 Å². The smallest absolute Gasteiger partial charge is 0.411 e. The molecule has 3 heterocycles. The predicted molar refractivity (Wildman–Crippen MR) is 149 cm³/mol. The van der Waals surface area contributed by atoms with E-state index >= 15 is 0 Å². The predicted octanol–water partition coefficient (Wildman–Crippen LogP) is 5.61. The van der Waals surface area contributed by atoms with Gasteiger partial charge in [0.25, 0.3) is 5.91 Å². The summed E-state index contributed by atoms with van der Waals surface area (Å²) in [5, 5.41) is 10.4. The van der Waals surface area contributed by atoms with Gasteiger partial charge in [-0.2, -0.15) is 0 Å². The van der Waals surface area contributed by atoms with E-state index in [1.807, 2.05) is 24.3 Å². The van der Waals surface area contributed by atoms with Crippen LogP contribution in [0.15, 0.2) is 67.0 Å². The summed E-state index contributed by atoms with van der Waals surface area (Å²) in [6.07, 6.45) is 7.69. The van der Waals surface area contributed by atoms with E-state index in [9.17, 15) is 14.4 Å². The molecule has 4 aromatic rings. The summed E-state index contributed by atoms with van der Waals surface area (Å²) in [6.45, 7) is 0. The van der Waals surface area contributed by atoms with E-state index in [0.29, 0.717) is 46.9 Å². The minimum Gasteiger partial charge on any atom is -0.453 e. The van der Waals surface area contributed by atoms with Crippen molar-refractivity contribution in [2.45, 2.75) is 25.3 Å². The number of rotatable bonds is 3. The zero-order valence-corrected chi connectivity index (χ0v) is 21.7. The molecule has 0 spiro atoms. The topological polar surface area (TPSA) is 138 Å². The van der Waals surface area contributed by atoms with Crippen molar-refractivity contribution >= 4 is 51.7 Å². The Kier molecular flexibility index (Phi) is 7.55. The zero-order chi connectivity index (χ0) is 27.4. The van der Waals surface area contributed by atoms with Crippen molar-refractivity contribution in [1.82, 2.24) is 20.3 Å². The Hall–Kier alpha value is -4.70. The summed E-state index contributed by atoms with van der Waals surface area (Å²) >= 11 is 6.60. The molecule has 2 aromatic heterocycles. The lowest BCUT2D eigenvalue weighted by molar-refractivity contribution is -0.116. The van der Waals surface area contributed by atoms with Crippen LogP contribution in [0.25, 0.3) is 22.0 Å². The number of hydrogen-bond acceptors (Lipinski definition) is 6. The fraction of sp³-hybridized carbons (Fsp3) is 0.179. The van der Waals surface area contributed by atoms with E-state index < -0.39 is 12.1 Å². The molecule has 0 fully saturated rings. The van der Waals surface area contributed by atoms with Crippen LogP contribution in [0.2, 0.25) is 5.15 Å². The lowest BCUT2D eigenvalue weighted by atomic mass is 10.0. The van der Waals surface area contributed by atoms with Gasteiger partial charge in [-0.3, -0.25) is 19.9 Å². The Bertz CT molecular complexity index is 1590. The standard InChI is InChI=1S/C28H25ClN6O4/c1-39-28(38)31-17-10-11-20-22(14-17)32-23(36)9-4-2-3-8-21(26-34-24(20)25(29)35-26)33-27(37)19-7-5-6-16-15-30-13-12-18(16)19/h2-3,5-7,10-15,21H,4,8-9H2,1H3,(H,31,38)(H,32,36)(H,33,37)(H,34,35)/b3-2+/t21-/m0/s1. The van der Waals surface area contributed by atoms with Gasteiger partial charge in [-0.05, 0) is 48.6 Å². The number of hydrogen-bond donors (Lipinski definition) is 4. The van der Waals surface area contributed by atoms with Gasteiger partial charge in [0.2, 0.25) is 5.91 Å². The summed E-state index contributed by atoms with van der Waals surface area (Å²) in [6, 6.07) is 11.7. The molecule has 0 radical (unpaired) electrons. The molecule has 39 heavy (non-hydrogen) atoms. The Balaban J connectivity index is 1.52. The van der Waals surface area contributed by atoms with Crippen LogP contribution in [0.3, 0.4) is 0 Å². The molecule has 5 rings (SSSR count). The molecule has 0 saturated heterocycles. The molecule has 3 amide bonds. The number of ether oxygens (including phenoxy) is 1. The summed E-state index contributed by atoms with van der Waals surface area (Å²) in [7, 11) is 1.26. The van der Waals surface area contributed by atoms with Gasteiger partial charge in [0, 0.05) is 41.0 Å². The summed E-state index contributed by atoms with van der Waals surface area (Å²) in [5.41, 5.74) is 2.30. The number of pyridine rings is 1. The van der Waals surface area contributed by atoms with Gasteiger partial charge < -0.3 is 20.4 Å². The monoisotopic (exact) mass is 544 g/mol. The van der Waals surface area contributed by atoms with Crippen LogP contribution >= 0.6 is 11.6 Å². The second-order valence-corrected chi connectivity index (χ2v) is 9.26. The highest BCUT2D eigenvalue weighted by molar-refractivity contribution is 6.32. The number of imidazole rings is 1. The van der Waals surface area contributed by atoms with Crippen molar-refractivity contribution in [2.24, 2.45) is 0 Å². The van der Waals surface area contributed by atoms with E-state index in [1.165, 1.54) is 7.11 Å². The number of methoxy groups -OCH3 is 1. The van der Waals surface area contributed by atoms with Gasteiger partial charge in [0.05, 0.1) is 18.8 Å². The Labute approximate surface area is 228 Å². The number of allylic oxidation sites excluding steroid dienone is 1. The first-order chi connectivity index (χ1) is 18.9. The van der Waals surface area contributed by atoms with Crippen LogP contribution in [0, 0.1) is 0 Å². The quantitative estimate of drug-likeness (QED) is 0.247. The van der Waals surface area contributed by atoms with Crippen molar-refractivity contribution in [2.75, 3.05) is 17.7 Å². The number of aromatic nitrogens is 3. The molecular formula is C28H25ClN6O4. The minimum atomic E-state index is -0.641. The maximum atomic E-state index is 13.4. The second-order valence-electron chi connectivity index (χ2n) is 8.88. The number of nitrogens with one attached hydrogen (secondary N) is 4. The van der Waals surface area contributed by atoms with Crippen LogP contribution in [0.1, 0.15) is 41.5 Å². The van der Waals surface area contributed by atoms with Crippen molar-refractivity contribution in [3.05, 3.63) is 83.6 Å². The van der Waals surface area contributed by atoms with E-state index in [1.54, 1.807) is 42.7 Å². The third-order valence-electron chi connectivity index (χ3n) is 6.30. The van der Waals surface area contributed by atoms with Gasteiger partial charge in [0.15, 0.2) is 0 Å². The van der Waals surface area contributed by atoms with Crippen molar-refractivity contribution in [1.29, 1.82) is 0 Å². The Morgan fingerprint density at radius 1 is 1.15 bits per heavy atom. The molecule has 0 unspecified atom stereocenters. The summed E-state index contributed by atoms with van der Waals surface area (Å²) in [4.78, 5) is 49.8. The molecule has 11 heteroatoms. The highest BCUT2D eigenvalue weighted by Crippen LogP contribution is 2.35. The van der Waals surface area contributed by atoms with E-state index in [4.69, 9.17) is 16.6 Å². The first-order valence-corrected chi connectivity index (χ1v) is 12.6. The van der Waals surface area contributed by atoms with E-state index in [-0.39, 0.29) is 23.4 Å². The first-order valence-electron chi connectivity index (χ1n) is 12.3. The number of aromatic amines is 1. The largest absolute Gasteiger partial charge is 0.453 e. The fourth-order valence-electron chi connectivity index (χ4n) is 4.39. The van der Waals surface area contributed by atoms with Crippen LogP contribution in [-0.2, 0) is 9.53 Å². The Morgan fingerprint density at radius 3 is 2.87 bits per heavy atom. The first kappa shape index (κ1) is 25.9. The van der Waals surface area contributed by atoms with Gasteiger partial charge in [-0.1, -0.05) is 35.9 Å². The number of halogens is 1. The number of carbonyl (C=O) groups excluding carboxylic acids is 3. The number of carbonyl (C=O) groups is 3. The van der Waals surface area contributed by atoms with Crippen LogP contribution < -0.4 is 16.0 Å². The second kappa shape index (κ2) is 11.4. The summed E-state index contributed by atoms with van der Waals surface area (Å²) in [5.74, 6) is -0.0138. The number of H-pyrrole nitrogens is 1.